The highest BCUT2D eigenvalue weighted by atomic mass is 32.2. The molecule has 0 atom stereocenters. The van der Waals surface area contributed by atoms with Gasteiger partial charge in [0, 0.05) is 26.4 Å². The molecule has 144 valence electrons. The van der Waals surface area contributed by atoms with E-state index in [1.54, 1.807) is 18.2 Å². The van der Waals surface area contributed by atoms with Crippen molar-refractivity contribution in [2.45, 2.75) is 42.8 Å². The summed E-state index contributed by atoms with van der Waals surface area (Å²) in [6, 6.07) is 6.89. The van der Waals surface area contributed by atoms with Gasteiger partial charge in [0.15, 0.2) is 0 Å². The van der Waals surface area contributed by atoms with Crippen molar-refractivity contribution in [2.24, 2.45) is 0 Å². The number of hydrogen-bond acceptors (Lipinski definition) is 4. The molecule has 1 N–H and O–H groups in total. The number of carbonyl (C=O) groups excluding carboxylic acids is 1. The Bertz CT molecular complexity index is 743. The lowest BCUT2D eigenvalue weighted by molar-refractivity contribution is -0.118. The Kier molecular flexibility index (Phi) is 8.18. The molecule has 1 aromatic rings. The van der Waals surface area contributed by atoms with Crippen LogP contribution in [0, 0.1) is 0 Å². The highest BCUT2D eigenvalue weighted by Crippen LogP contribution is 2.20. The quantitative estimate of drug-likeness (QED) is 0.651. The van der Waals surface area contributed by atoms with Crippen LogP contribution >= 0.6 is 11.8 Å². The Balaban J connectivity index is 1.73. The van der Waals surface area contributed by atoms with Gasteiger partial charge in [-0.15, -0.1) is 11.8 Å². The monoisotopic (exact) mass is 396 g/mol. The average Bonchev–Trinajstić information content (AvgIpc) is 2.63. The second-order valence-electron chi connectivity index (χ2n) is 6.64. The number of allylic oxidation sites excluding steroid dienone is 1. The largest absolute Gasteiger partial charge is 0.355 e. The summed E-state index contributed by atoms with van der Waals surface area (Å²) < 4.78 is 25.5. The molecule has 1 amide bonds. The number of benzene rings is 1. The first kappa shape index (κ1) is 21.0. The van der Waals surface area contributed by atoms with Gasteiger partial charge in [0.1, 0.15) is 0 Å². The van der Waals surface area contributed by atoms with Crippen LogP contribution in [0.3, 0.4) is 0 Å². The average molecular weight is 397 g/mol. The van der Waals surface area contributed by atoms with Crippen molar-refractivity contribution >= 4 is 27.7 Å². The predicted octanol–water partition coefficient (Wildman–Crippen LogP) is 3.18. The third-order valence-electron chi connectivity index (χ3n) is 4.33. The van der Waals surface area contributed by atoms with E-state index in [4.69, 9.17) is 0 Å². The minimum Gasteiger partial charge on any atom is -0.355 e. The Morgan fingerprint density at radius 3 is 2.77 bits per heavy atom. The molecule has 0 bridgehead atoms. The van der Waals surface area contributed by atoms with Gasteiger partial charge in [-0.3, -0.25) is 4.79 Å². The highest BCUT2D eigenvalue weighted by molar-refractivity contribution is 7.99. The van der Waals surface area contributed by atoms with E-state index >= 15 is 0 Å². The van der Waals surface area contributed by atoms with Crippen molar-refractivity contribution in [2.75, 3.05) is 26.4 Å². The normalized spacial score (nSPS) is 15.0. The zero-order valence-electron chi connectivity index (χ0n) is 15.5. The molecule has 2 rings (SSSR count). The van der Waals surface area contributed by atoms with Crippen molar-refractivity contribution < 1.29 is 13.2 Å². The van der Waals surface area contributed by atoms with E-state index in [0.29, 0.717) is 18.1 Å². The van der Waals surface area contributed by atoms with Crippen molar-refractivity contribution in [3.05, 3.63) is 41.5 Å². The van der Waals surface area contributed by atoms with Crippen LogP contribution in [0.1, 0.15) is 37.7 Å². The second-order valence-corrected chi connectivity index (χ2v) is 9.77. The Hall–Kier alpha value is -1.31. The number of hydrogen-bond donors (Lipinski definition) is 1. The van der Waals surface area contributed by atoms with Gasteiger partial charge in [-0.25, -0.2) is 12.7 Å². The maximum Gasteiger partial charge on any atom is 0.242 e. The lowest BCUT2D eigenvalue weighted by Gasteiger charge is -2.13. The van der Waals surface area contributed by atoms with Crippen LogP contribution in [-0.2, 0) is 20.6 Å². The van der Waals surface area contributed by atoms with Crippen LogP contribution in [0.25, 0.3) is 0 Å². The van der Waals surface area contributed by atoms with Crippen molar-refractivity contribution in [1.82, 2.24) is 9.62 Å². The first-order valence-corrected chi connectivity index (χ1v) is 11.5. The molecular weight excluding hydrogens is 368 g/mol. The summed E-state index contributed by atoms with van der Waals surface area (Å²) in [4.78, 5) is 12.2. The van der Waals surface area contributed by atoms with Crippen LogP contribution in [0.2, 0.25) is 0 Å². The third kappa shape index (κ3) is 6.45. The summed E-state index contributed by atoms with van der Waals surface area (Å²) in [5.41, 5.74) is 2.36. The fourth-order valence-electron chi connectivity index (χ4n) is 2.81. The summed E-state index contributed by atoms with van der Waals surface area (Å²) in [6.07, 6.45) is 8.13. The van der Waals surface area contributed by atoms with Crippen LogP contribution < -0.4 is 5.32 Å². The minimum absolute atomic E-state index is 0.0310. The summed E-state index contributed by atoms with van der Waals surface area (Å²) in [5.74, 6) is 1.02. The van der Waals surface area contributed by atoms with E-state index in [9.17, 15) is 13.2 Å². The highest BCUT2D eigenvalue weighted by Gasteiger charge is 2.17. The third-order valence-corrected chi connectivity index (χ3v) is 7.15. The van der Waals surface area contributed by atoms with Crippen molar-refractivity contribution in [1.29, 1.82) is 0 Å². The van der Waals surface area contributed by atoms with E-state index in [2.05, 4.69) is 11.4 Å². The van der Waals surface area contributed by atoms with Gasteiger partial charge in [-0.05, 0) is 49.8 Å². The number of rotatable bonds is 9. The van der Waals surface area contributed by atoms with E-state index < -0.39 is 10.0 Å². The van der Waals surface area contributed by atoms with Crippen LogP contribution in [-0.4, -0.2) is 45.0 Å². The molecule has 7 heteroatoms. The van der Waals surface area contributed by atoms with E-state index in [1.807, 2.05) is 6.07 Å². The molecule has 0 aliphatic heterocycles. The molecule has 0 aromatic heterocycles. The smallest absolute Gasteiger partial charge is 0.242 e. The number of carbonyl (C=O) groups is 1. The molecule has 1 aliphatic carbocycles. The molecule has 1 aliphatic rings. The van der Waals surface area contributed by atoms with Gasteiger partial charge in [-0.1, -0.05) is 23.8 Å². The lowest BCUT2D eigenvalue weighted by atomic mass is 9.97. The summed E-state index contributed by atoms with van der Waals surface area (Å²) >= 11 is 1.49. The molecular formula is C19H28N2O3S2. The van der Waals surface area contributed by atoms with Crippen molar-refractivity contribution in [3.8, 4) is 0 Å². The maximum atomic E-state index is 12.2. The number of thioether (sulfide) groups is 1. The van der Waals surface area contributed by atoms with Gasteiger partial charge < -0.3 is 5.32 Å². The fraction of sp³-hybridized carbons (Fsp3) is 0.526. The molecule has 0 saturated heterocycles. The molecule has 26 heavy (non-hydrogen) atoms. The lowest BCUT2D eigenvalue weighted by Crippen LogP contribution is -2.26. The Morgan fingerprint density at radius 1 is 1.27 bits per heavy atom. The van der Waals surface area contributed by atoms with Crippen LogP contribution in [0.5, 0.6) is 0 Å². The van der Waals surface area contributed by atoms with E-state index in [0.717, 1.165) is 18.4 Å². The molecule has 0 unspecified atom stereocenters. The minimum atomic E-state index is -3.42. The molecule has 0 saturated carbocycles. The van der Waals surface area contributed by atoms with Gasteiger partial charge in [0.25, 0.3) is 0 Å². The van der Waals surface area contributed by atoms with Gasteiger partial charge in [0.05, 0.1) is 10.6 Å². The van der Waals surface area contributed by atoms with E-state index in [1.165, 1.54) is 55.0 Å². The summed E-state index contributed by atoms with van der Waals surface area (Å²) in [7, 11) is -0.387. The molecule has 0 radical (unpaired) electrons. The van der Waals surface area contributed by atoms with Gasteiger partial charge in [-0.2, -0.15) is 0 Å². The summed E-state index contributed by atoms with van der Waals surface area (Å²) in [5, 5.41) is 2.96. The first-order chi connectivity index (χ1) is 12.4. The first-order valence-electron chi connectivity index (χ1n) is 8.93. The Labute approximate surface area is 161 Å². The maximum absolute atomic E-state index is 12.2. The van der Waals surface area contributed by atoms with E-state index in [-0.39, 0.29) is 10.8 Å². The molecule has 0 spiro atoms. The summed E-state index contributed by atoms with van der Waals surface area (Å²) in [6.45, 7) is 0.696. The zero-order valence-corrected chi connectivity index (χ0v) is 17.2. The molecule has 5 nitrogen and oxygen atoms in total. The number of nitrogens with zero attached hydrogens (tertiary/aromatic N) is 1. The Morgan fingerprint density at radius 2 is 2.08 bits per heavy atom. The number of sulfonamides is 1. The van der Waals surface area contributed by atoms with Crippen LogP contribution in [0.15, 0.2) is 40.8 Å². The van der Waals surface area contributed by atoms with Crippen molar-refractivity contribution in [3.63, 3.8) is 0 Å². The number of nitrogens with one attached hydrogen (secondary N) is 1. The topological polar surface area (TPSA) is 66.5 Å². The van der Waals surface area contributed by atoms with Crippen LogP contribution in [0.4, 0.5) is 0 Å². The molecule has 0 fully saturated rings. The number of amides is 1. The van der Waals surface area contributed by atoms with Gasteiger partial charge in [0.2, 0.25) is 15.9 Å². The SMILES string of the molecule is CN(C)S(=O)(=O)c1cccc(CSCC(=O)NCCC2=CCCCC2)c1. The standard InChI is InChI=1S/C19H28N2O3S2/c1-21(2)26(23,24)18-10-6-9-17(13-18)14-25-15-19(22)20-12-11-16-7-4-3-5-8-16/h6-7,9-10,13H,3-5,8,11-12,14-15H2,1-2H3,(H,20,22). The zero-order chi connectivity index (χ0) is 19.0. The molecule has 1 aromatic carbocycles. The second kappa shape index (κ2) is 10.1. The van der Waals surface area contributed by atoms with Gasteiger partial charge >= 0.3 is 0 Å². The predicted molar refractivity (Wildman–Crippen MR) is 108 cm³/mol. The fourth-order valence-corrected chi connectivity index (χ4v) is 4.59. The molecule has 0 heterocycles.